The molecule has 2 atom stereocenters. The molecule has 2 aliphatic rings. The van der Waals surface area contributed by atoms with E-state index in [1.807, 2.05) is 0 Å². The number of aromatic amines is 1. The minimum absolute atomic E-state index is 0.00371. The molecule has 318 valence electrons. The molecule has 2 unspecified atom stereocenters. The molecule has 4 aromatic carbocycles. The summed E-state index contributed by atoms with van der Waals surface area (Å²) in [5.74, 6) is -0.452. The van der Waals surface area contributed by atoms with E-state index in [0.29, 0.717) is 11.1 Å². The van der Waals surface area contributed by atoms with Crippen molar-refractivity contribution in [2.75, 3.05) is 0 Å². The lowest BCUT2D eigenvalue weighted by atomic mass is 9.86. The van der Waals surface area contributed by atoms with Gasteiger partial charge in [0.1, 0.15) is 36.8 Å². The van der Waals surface area contributed by atoms with Crippen LogP contribution in [0, 0.1) is 22.9 Å². The number of H-pyrrole nitrogens is 1. The van der Waals surface area contributed by atoms with Gasteiger partial charge in [0, 0.05) is 55.7 Å². The van der Waals surface area contributed by atoms with Gasteiger partial charge in [-0.15, -0.1) is 0 Å². The van der Waals surface area contributed by atoms with Gasteiger partial charge in [0.25, 0.3) is 16.9 Å². The van der Waals surface area contributed by atoms with Gasteiger partial charge in [-0.25, -0.2) is 19.0 Å². The average Bonchev–Trinajstić information content (AvgIpc) is 4.03. The van der Waals surface area contributed by atoms with Gasteiger partial charge < -0.3 is 9.68 Å². The highest BCUT2D eigenvalue weighted by Gasteiger charge is 2.63. The van der Waals surface area contributed by atoms with Gasteiger partial charge in [-0.1, -0.05) is 68.8 Å². The molecule has 0 amide bonds. The Labute approximate surface area is 358 Å². The molecule has 4 heterocycles. The molecule has 2 aliphatic heterocycles. The van der Waals surface area contributed by atoms with Crippen molar-refractivity contribution in [3.63, 3.8) is 0 Å². The first-order valence-corrected chi connectivity index (χ1v) is 18.5. The molecule has 0 saturated carbocycles. The third-order valence-corrected chi connectivity index (χ3v) is 9.90. The molecule has 0 bridgehead atoms. The van der Waals surface area contributed by atoms with E-state index in [4.69, 9.17) is 56.1 Å². The predicted octanol–water partition coefficient (Wildman–Crippen LogP) is 10.9. The largest absolute Gasteiger partial charge is 0.435 e. The molecule has 8 rings (SSSR count). The third kappa shape index (κ3) is 9.56. The first kappa shape index (κ1) is 44.7. The number of alkyl halides is 6. The number of aromatic nitrogens is 6. The summed E-state index contributed by atoms with van der Waals surface area (Å²) in [7, 11) is 0. The average molecular weight is 933 g/mol. The first-order chi connectivity index (χ1) is 28.7. The Morgan fingerprint density at radius 2 is 1.25 bits per heavy atom. The van der Waals surface area contributed by atoms with Crippen LogP contribution in [0.3, 0.4) is 0 Å². The first-order valence-electron chi connectivity index (χ1n) is 17.0. The molecule has 2 aromatic heterocycles. The van der Waals surface area contributed by atoms with Gasteiger partial charge in [-0.05, 0) is 72.6 Å². The van der Waals surface area contributed by atoms with Crippen LogP contribution in [0.1, 0.15) is 40.7 Å². The van der Waals surface area contributed by atoms with Crippen LogP contribution in [0.4, 0.5) is 36.4 Å². The van der Waals surface area contributed by atoms with Gasteiger partial charge in [-0.2, -0.15) is 36.5 Å². The fourth-order valence-corrected chi connectivity index (χ4v) is 7.11. The van der Waals surface area contributed by atoms with E-state index in [1.54, 1.807) is 0 Å². The summed E-state index contributed by atoms with van der Waals surface area (Å²) < 4.78 is 98.4. The number of nitro benzene ring substituents is 1. The molecule has 0 saturated heterocycles. The van der Waals surface area contributed by atoms with Crippen molar-refractivity contribution in [3.05, 3.63) is 162 Å². The summed E-state index contributed by atoms with van der Waals surface area (Å²) in [6.07, 6.45) is -5.53. The van der Waals surface area contributed by atoms with Crippen molar-refractivity contribution >= 4 is 63.5 Å². The van der Waals surface area contributed by atoms with Crippen LogP contribution < -0.4 is 0 Å². The highest BCUT2D eigenvalue weighted by molar-refractivity contribution is 6.35. The molecular formula is C37H24Cl4F7N9O4. The summed E-state index contributed by atoms with van der Waals surface area (Å²) in [5, 5.41) is 28.7. The SMILES string of the molecule is Cc1cc(C2=NOC(c3cc(Cl)cc(Cl)c3)(C(F)(F)F)C2)ccc1F.O=[N+]([O-])c1cc(C2=NOC(c3cc(Cl)cc(Cl)c3)(C(F)(F)F)C2)ccc1-n1cncn1.c1nc[nH]n1. The lowest BCUT2D eigenvalue weighted by Crippen LogP contribution is -2.42. The van der Waals surface area contributed by atoms with Gasteiger partial charge in [0.15, 0.2) is 0 Å². The highest BCUT2D eigenvalue weighted by Crippen LogP contribution is 2.51. The second kappa shape index (κ2) is 17.6. The molecule has 6 aromatic rings. The van der Waals surface area contributed by atoms with Crippen LogP contribution in [-0.2, 0) is 20.9 Å². The molecule has 61 heavy (non-hydrogen) atoms. The molecule has 0 fully saturated rings. The predicted molar refractivity (Wildman–Crippen MR) is 208 cm³/mol. The second-order valence-corrected chi connectivity index (χ2v) is 14.7. The number of nitro groups is 1. The van der Waals surface area contributed by atoms with Crippen molar-refractivity contribution in [3.8, 4) is 5.69 Å². The highest BCUT2D eigenvalue weighted by atomic mass is 35.5. The maximum atomic E-state index is 14.1. The number of oxime groups is 2. The van der Waals surface area contributed by atoms with E-state index in [0.717, 1.165) is 30.3 Å². The van der Waals surface area contributed by atoms with Crippen molar-refractivity contribution in [2.45, 2.75) is 43.3 Å². The van der Waals surface area contributed by atoms with Gasteiger partial charge in [0.2, 0.25) is 0 Å². The molecule has 0 spiro atoms. The number of nitrogens with one attached hydrogen (secondary N) is 1. The van der Waals surface area contributed by atoms with Gasteiger partial charge in [-0.3, -0.25) is 15.2 Å². The van der Waals surface area contributed by atoms with Crippen molar-refractivity contribution in [1.29, 1.82) is 0 Å². The summed E-state index contributed by atoms with van der Waals surface area (Å²) in [5.41, 5.74) is -5.70. The minimum Gasteiger partial charge on any atom is -0.374 e. The van der Waals surface area contributed by atoms with E-state index < -0.39 is 47.1 Å². The summed E-state index contributed by atoms with van der Waals surface area (Å²) in [6, 6.07) is 14.9. The van der Waals surface area contributed by atoms with Crippen molar-refractivity contribution in [1.82, 2.24) is 29.9 Å². The Balaban J connectivity index is 0.000000186. The van der Waals surface area contributed by atoms with Crippen LogP contribution in [0.5, 0.6) is 0 Å². The fraction of sp³-hybridized carbons (Fsp3) is 0.189. The molecule has 24 heteroatoms. The van der Waals surface area contributed by atoms with Crippen molar-refractivity contribution < 1.29 is 45.3 Å². The number of halogens is 11. The quantitative estimate of drug-likeness (QED) is 0.0982. The fourth-order valence-electron chi connectivity index (χ4n) is 6.06. The zero-order valence-corrected chi connectivity index (χ0v) is 33.5. The van der Waals surface area contributed by atoms with Crippen LogP contribution >= 0.6 is 46.4 Å². The van der Waals surface area contributed by atoms with E-state index >= 15 is 0 Å². The Morgan fingerprint density at radius 1 is 0.738 bits per heavy atom. The number of aryl methyl sites for hydroxylation is 1. The van der Waals surface area contributed by atoms with E-state index in [9.17, 15) is 40.8 Å². The van der Waals surface area contributed by atoms with Gasteiger partial charge >= 0.3 is 12.4 Å². The van der Waals surface area contributed by atoms with Crippen LogP contribution in [0.15, 0.2) is 108 Å². The standard InChI is InChI=1S/C18H10Cl2F3N5O3.C17H11Cl2F4NO.C2H3N3/c19-12-4-11(5-13(20)6-12)17(18(21,22)23)7-14(26-31-17)10-1-2-15(16(3-10)28(29)30)27-9-24-8-25-27;1-9-4-10(2-3-14(9)20)15-8-16(25-24-15,17(21,22)23)11-5-12(18)7-13(19)6-11;1-3-2-5-4-1/h1-6,8-9H,7H2;2-7H,8H2,1H3;1-2H,(H,3,4,5). The molecule has 1 N–H and O–H groups in total. The number of benzene rings is 4. The lowest BCUT2D eigenvalue weighted by Gasteiger charge is -2.29. The van der Waals surface area contributed by atoms with Crippen LogP contribution in [0.2, 0.25) is 20.1 Å². The lowest BCUT2D eigenvalue weighted by molar-refractivity contribution is -0.384. The van der Waals surface area contributed by atoms with Gasteiger partial charge in [0.05, 0.1) is 16.3 Å². The maximum absolute atomic E-state index is 14.1. The smallest absolute Gasteiger partial charge is 0.374 e. The monoisotopic (exact) mass is 931 g/mol. The Bertz CT molecular complexity index is 2560. The normalized spacial score (nSPS) is 18.4. The topological polar surface area (TPSA) is 159 Å². The Hall–Kier alpha value is -5.83. The zero-order valence-electron chi connectivity index (χ0n) is 30.5. The van der Waals surface area contributed by atoms with Crippen LogP contribution in [-0.4, -0.2) is 58.6 Å². The molecule has 13 nitrogen and oxygen atoms in total. The second-order valence-electron chi connectivity index (χ2n) is 13.0. The summed E-state index contributed by atoms with van der Waals surface area (Å²) >= 11 is 23.5. The Morgan fingerprint density at radius 3 is 1.64 bits per heavy atom. The third-order valence-electron chi connectivity index (χ3n) is 9.02. The summed E-state index contributed by atoms with van der Waals surface area (Å²) in [6.45, 7) is 1.52. The molecular weight excluding hydrogens is 909 g/mol. The number of rotatable bonds is 6. The maximum Gasteiger partial charge on any atom is 0.435 e. The number of hydrogen-bond donors (Lipinski definition) is 1. The Kier molecular flexibility index (Phi) is 12.9. The number of nitrogens with zero attached hydrogens (tertiary/aromatic N) is 8. The number of hydrogen-bond acceptors (Lipinski definition) is 10. The minimum atomic E-state index is -4.88. The van der Waals surface area contributed by atoms with E-state index in [-0.39, 0.29) is 59.6 Å². The van der Waals surface area contributed by atoms with Crippen molar-refractivity contribution in [2.24, 2.45) is 10.3 Å². The summed E-state index contributed by atoms with van der Waals surface area (Å²) in [4.78, 5) is 28.0. The van der Waals surface area contributed by atoms with E-state index in [2.05, 4.69) is 35.6 Å². The van der Waals surface area contributed by atoms with E-state index in [1.165, 1.54) is 79.4 Å². The molecule has 0 radical (unpaired) electrons. The van der Waals surface area contributed by atoms with Crippen LogP contribution in [0.25, 0.3) is 5.69 Å². The zero-order chi connectivity index (χ0) is 44.3. The molecule has 0 aliphatic carbocycles.